The van der Waals surface area contributed by atoms with Gasteiger partial charge in [-0.2, -0.15) is 23.1 Å². The van der Waals surface area contributed by atoms with E-state index in [4.69, 9.17) is 9.47 Å². The Bertz CT molecular complexity index is 1730. The number of methoxy groups -OCH3 is 1. The number of halogens is 3. The van der Waals surface area contributed by atoms with E-state index in [-0.39, 0.29) is 35.6 Å². The summed E-state index contributed by atoms with van der Waals surface area (Å²) < 4.78 is 53.7. The molecular formula is C32H23F3N4O2. The van der Waals surface area contributed by atoms with Gasteiger partial charge in [-0.25, -0.2) is 4.98 Å². The molecule has 0 spiro atoms. The summed E-state index contributed by atoms with van der Waals surface area (Å²) in [7, 11) is 1.33. The fraction of sp³-hybridized carbons (Fsp3) is 0.125. The lowest BCUT2D eigenvalue weighted by atomic mass is 10.0. The number of aromatic nitrogens is 4. The number of aryl methyl sites for hydroxylation is 1. The lowest BCUT2D eigenvalue weighted by molar-refractivity contribution is -0.137. The Morgan fingerprint density at radius 1 is 0.707 bits per heavy atom. The van der Waals surface area contributed by atoms with Gasteiger partial charge in [-0.3, -0.25) is 4.98 Å². The second kappa shape index (κ2) is 11.9. The number of alkyl halides is 3. The third kappa shape index (κ3) is 6.68. The number of hydrogen-bond donors (Lipinski definition) is 0. The van der Waals surface area contributed by atoms with Gasteiger partial charge in [-0.15, -0.1) is 0 Å². The fourth-order valence-electron chi connectivity index (χ4n) is 4.01. The van der Waals surface area contributed by atoms with E-state index in [1.807, 2.05) is 43.3 Å². The minimum absolute atomic E-state index is 0.0451. The van der Waals surface area contributed by atoms with Crippen LogP contribution < -0.4 is 9.47 Å². The number of benzene rings is 3. The number of ether oxygens (including phenoxy) is 2. The molecule has 9 heteroatoms. The third-order valence-electron chi connectivity index (χ3n) is 5.94. The van der Waals surface area contributed by atoms with Crippen LogP contribution in [-0.2, 0) is 12.8 Å². The first-order valence-electron chi connectivity index (χ1n) is 12.5. The zero-order chi connectivity index (χ0) is 28.8. The van der Waals surface area contributed by atoms with Crippen molar-refractivity contribution in [3.8, 4) is 46.4 Å². The number of hydrogen-bond acceptors (Lipinski definition) is 6. The molecule has 0 aliphatic heterocycles. The fourth-order valence-corrected chi connectivity index (χ4v) is 4.01. The predicted molar refractivity (Wildman–Crippen MR) is 148 cm³/mol. The van der Waals surface area contributed by atoms with Gasteiger partial charge in [0.05, 0.1) is 23.9 Å². The van der Waals surface area contributed by atoms with E-state index in [9.17, 15) is 13.2 Å². The van der Waals surface area contributed by atoms with E-state index in [1.54, 1.807) is 36.4 Å². The molecule has 0 atom stereocenters. The molecule has 0 fully saturated rings. The Morgan fingerprint density at radius 3 is 2.07 bits per heavy atom. The van der Waals surface area contributed by atoms with Gasteiger partial charge in [-0.1, -0.05) is 42.2 Å². The average molecular weight is 553 g/mol. The molecule has 0 unspecified atom stereocenters. The van der Waals surface area contributed by atoms with Gasteiger partial charge < -0.3 is 9.47 Å². The third-order valence-corrected chi connectivity index (χ3v) is 5.94. The first-order chi connectivity index (χ1) is 19.8. The molecule has 5 aromatic rings. The summed E-state index contributed by atoms with van der Waals surface area (Å²) in [6, 6.07) is 25.5. The highest BCUT2D eigenvalue weighted by Gasteiger charge is 2.36. The molecule has 0 bridgehead atoms. The Labute approximate surface area is 234 Å². The smallest absolute Gasteiger partial charge is 0.417 e. The van der Waals surface area contributed by atoms with Crippen LogP contribution in [0.15, 0.2) is 91.0 Å². The minimum Gasteiger partial charge on any atom is -0.487 e. The van der Waals surface area contributed by atoms with Crippen molar-refractivity contribution < 1.29 is 22.6 Å². The Morgan fingerprint density at radius 2 is 1.39 bits per heavy atom. The predicted octanol–water partition coefficient (Wildman–Crippen LogP) is 6.92. The zero-order valence-corrected chi connectivity index (χ0v) is 22.1. The molecule has 2 heterocycles. The highest BCUT2D eigenvalue weighted by molar-refractivity contribution is 5.71. The van der Waals surface area contributed by atoms with E-state index >= 15 is 0 Å². The van der Waals surface area contributed by atoms with Gasteiger partial charge in [0.15, 0.2) is 11.6 Å². The average Bonchev–Trinajstić information content (AvgIpc) is 2.99. The highest BCUT2D eigenvalue weighted by atomic mass is 19.4. The summed E-state index contributed by atoms with van der Waals surface area (Å²) in [6.45, 7) is 1.77. The molecule has 2 aromatic heterocycles. The lowest BCUT2D eigenvalue weighted by Gasteiger charge is -2.17. The molecule has 5 rings (SSSR count). The van der Waals surface area contributed by atoms with Crippen molar-refractivity contribution in [2.24, 2.45) is 0 Å². The molecule has 6 nitrogen and oxygen atoms in total. The number of pyridine rings is 1. The SMILES string of the molecule is COc1nc(-c2ccc(C#Cc3ccccc3)cc2)nc(-c2c(OCc3cccc(C)n3)cccc2C(F)(F)F)n1. The second-order valence-corrected chi connectivity index (χ2v) is 8.90. The number of rotatable bonds is 6. The van der Waals surface area contributed by atoms with Crippen molar-refractivity contribution in [1.29, 1.82) is 0 Å². The molecule has 0 saturated carbocycles. The second-order valence-electron chi connectivity index (χ2n) is 8.90. The molecule has 204 valence electrons. The standard InChI is InChI=1S/C32H23F3N4O2/c1-21-8-6-11-25(36-21)20-41-27-13-7-12-26(32(33,34)35)28(27)30-37-29(38-31(39-30)40-2)24-18-16-23(17-19-24)15-14-22-9-4-3-5-10-22/h3-13,16-19H,20H2,1-2H3. The van der Waals surface area contributed by atoms with Crippen LogP contribution >= 0.6 is 0 Å². The molecule has 0 N–H and O–H groups in total. The monoisotopic (exact) mass is 552 g/mol. The van der Waals surface area contributed by atoms with Gasteiger partial charge in [0, 0.05) is 22.4 Å². The van der Waals surface area contributed by atoms with Crippen molar-refractivity contribution >= 4 is 0 Å². The van der Waals surface area contributed by atoms with Crippen molar-refractivity contribution in [2.45, 2.75) is 19.7 Å². The van der Waals surface area contributed by atoms with Crippen LogP contribution in [0.25, 0.3) is 22.8 Å². The van der Waals surface area contributed by atoms with Crippen LogP contribution in [0.1, 0.15) is 28.1 Å². The van der Waals surface area contributed by atoms with Crippen molar-refractivity contribution in [2.75, 3.05) is 7.11 Å². The van der Waals surface area contributed by atoms with Gasteiger partial charge in [0.2, 0.25) is 0 Å². The van der Waals surface area contributed by atoms with Crippen molar-refractivity contribution in [3.05, 3.63) is 119 Å². The Balaban J connectivity index is 1.53. The van der Waals surface area contributed by atoms with Crippen LogP contribution in [0.3, 0.4) is 0 Å². The van der Waals surface area contributed by atoms with Crippen molar-refractivity contribution in [1.82, 2.24) is 19.9 Å². The van der Waals surface area contributed by atoms with Crippen LogP contribution in [0.5, 0.6) is 11.8 Å². The largest absolute Gasteiger partial charge is 0.487 e. The topological polar surface area (TPSA) is 70.0 Å². The molecular weight excluding hydrogens is 529 g/mol. The summed E-state index contributed by atoms with van der Waals surface area (Å²) in [5.41, 5.74) is 2.24. The molecule has 3 aromatic carbocycles. The first kappa shape index (κ1) is 27.3. The van der Waals surface area contributed by atoms with Crippen molar-refractivity contribution in [3.63, 3.8) is 0 Å². The van der Waals surface area contributed by atoms with Gasteiger partial charge >= 0.3 is 12.2 Å². The molecule has 0 aliphatic carbocycles. The Kier molecular flexibility index (Phi) is 7.92. The molecule has 41 heavy (non-hydrogen) atoms. The zero-order valence-electron chi connectivity index (χ0n) is 22.1. The molecule has 0 saturated heterocycles. The van der Waals surface area contributed by atoms with Crippen LogP contribution in [0.2, 0.25) is 0 Å². The van der Waals surface area contributed by atoms with E-state index in [0.717, 1.165) is 22.9 Å². The van der Waals surface area contributed by atoms with E-state index in [0.29, 0.717) is 11.3 Å². The molecule has 0 aliphatic rings. The van der Waals surface area contributed by atoms with E-state index < -0.39 is 11.7 Å². The maximum atomic E-state index is 14.2. The Hall–Kier alpha value is -5.23. The van der Waals surface area contributed by atoms with E-state index in [2.05, 4.69) is 31.8 Å². The van der Waals surface area contributed by atoms with Crippen LogP contribution in [0.4, 0.5) is 13.2 Å². The molecule has 0 radical (unpaired) electrons. The minimum atomic E-state index is -4.70. The van der Waals surface area contributed by atoms with Crippen LogP contribution in [-0.4, -0.2) is 27.0 Å². The summed E-state index contributed by atoms with van der Waals surface area (Å²) in [5.74, 6) is 6.03. The van der Waals surface area contributed by atoms with Gasteiger partial charge in [0.25, 0.3) is 0 Å². The quantitative estimate of drug-likeness (QED) is 0.213. The lowest BCUT2D eigenvalue weighted by Crippen LogP contribution is -2.11. The maximum absolute atomic E-state index is 14.2. The normalized spacial score (nSPS) is 11.0. The highest BCUT2D eigenvalue weighted by Crippen LogP contribution is 2.41. The summed E-state index contributed by atoms with van der Waals surface area (Å²) >= 11 is 0. The van der Waals surface area contributed by atoms with Gasteiger partial charge in [0.1, 0.15) is 12.4 Å². The summed E-state index contributed by atoms with van der Waals surface area (Å²) in [6.07, 6.45) is -4.70. The molecule has 0 amide bonds. The first-order valence-corrected chi connectivity index (χ1v) is 12.5. The maximum Gasteiger partial charge on any atom is 0.417 e. The number of nitrogens with zero attached hydrogens (tertiary/aromatic N) is 4. The van der Waals surface area contributed by atoms with Crippen LogP contribution in [0, 0.1) is 18.8 Å². The summed E-state index contributed by atoms with van der Waals surface area (Å²) in [5, 5.41) is 0. The summed E-state index contributed by atoms with van der Waals surface area (Å²) in [4.78, 5) is 17.2. The van der Waals surface area contributed by atoms with E-state index in [1.165, 1.54) is 19.2 Å². The van der Waals surface area contributed by atoms with Gasteiger partial charge in [-0.05, 0) is 67.6 Å².